The monoisotopic (exact) mass is 863 g/mol. The van der Waals surface area contributed by atoms with Crippen molar-refractivity contribution < 1.29 is 60.2 Å². The van der Waals surface area contributed by atoms with E-state index in [-0.39, 0.29) is 120 Å². The number of rotatable bonds is 38. The average molecular weight is 863 g/mol. The summed E-state index contributed by atoms with van der Waals surface area (Å²) in [5.74, 6) is -0.551. The van der Waals surface area contributed by atoms with Crippen molar-refractivity contribution in [2.45, 2.75) is 232 Å². The van der Waals surface area contributed by atoms with Crippen LogP contribution in [0.2, 0.25) is 0 Å². The third-order valence-electron chi connectivity index (χ3n) is 9.26. The minimum Gasteiger partial charge on any atom is -1.00 e. The van der Waals surface area contributed by atoms with Gasteiger partial charge in [0, 0.05) is 12.8 Å². The molecule has 0 aromatic rings. The molecule has 56 heavy (non-hydrogen) atoms. The summed E-state index contributed by atoms with van der Waals surface area (Å²) in [6.07, 6.45) is 36.2. The molecule has 0 amide bonds. The Bertz CT molecular complexity index is 739. The van der Waals surface area contributed by atoms with E-state index in [1.54, 1.807) is 0 Å². The second-order valence-corrected chi connectivity index (χ2v) is 14.7. The quantitative estimate of drug-likeness (QED) is 0.0197. The maximum absolute atomic E-state index is 11.4. The number of aliphatic hydroxyl groups is 4. The Balaban J connectivity index is -0.000000104. The van der Waals surface area contributed by atoms with E-state index in [1.807, 2.05) is 0 Å². The van der Waals surface area contributed by atoms with Gasteiger partial charge < -0.3 is 45.8 Å². The van der Waals surface area contributed by atoms with Gasteiger partial charge in [0.25, 0.3) is 0 Å². The second kappa shape index (κ2) is 57.7. The Labute approximate surface area is 408 Å². The van der Waals surface area contributed by atoms with Gasteiger partial charge in [-0.1, -0.05) is 194 Å². The molecule has 0 aromatic heterocycles. The van der Waals surface area contributed by atoms with Gasteiger partial charge >= 0.3 is 93.6 Å². The van der Waals surface area contributed by atoms with E-state index >= 15 is 0 Å². The molecule has 0 spiro atoms. The molecule has 13 heteroatoms. The number of unbranched alkanes of at least 4 members (excludes halogenated alkanes) is 28. The minimum atomic E-state index is -1.83. The summed E-state index contributed by atoms with van der Waals surface area (Å²) in [4.78, 5) is 31.3. The molecule has 0 bridgehead atoms. The molecule has 2 atom stereocenters. The first kappa shape index (κ1) is 65.7. The zero-order valence-electron chi connectivity index (χ0n) is 40.2. The van der Waals surface area contributed by atoms with Crippen molar-refractivity contribution in [1.82, 2.24) is 0 Å². The molecule has 332 valence electrons. The average Bonchev–Trinajstić information content (AvgIpc) is 3.15. The first-order chi connectivity index (χ1) is 26.1. The van der Waals surface area contributed by atoms with Crippen LogP contribution < -0.4 is 0 Å². The third kappa shape index (κ3) is 66.4. The number of carbonyl (C=O) groups is 3. The number of carboxylic acid groups (broad SMARTS) is 2. The molecule has 0 aliphatic heterocycles. The topological polar surface area (TPSA) is 191 Å². The van der Waals surface area contributed by atoms with E-state index in [1.165, 1.54) is 167 Å². The molecule has 2 unspecified atom stereocenters. The van der Waals surface area contributed by atoms with Crippen LogP contribution in [0, 0.1) is 0 Å². The molecule has 0 saturated heterocycles. The molecular weight excluding hydrogens is 773 g/mol. The summed E-state index contributed by atoms with van der Waals surface area (Å²) in [5.41, 5.74) is 0. The summed E-state index contributed by atoms with van der Waals surface area (Å²) in [6, 6.07) is 0. The van der Waals surface area contributed by atoms with Gasteiger partial charge in [-0.3, -0.25) is 9.59 Å². The van der Waals surface area contributed by atoms with Crippen molar-refractivity contribution in [3.05, 3.63) is 0 Å². The van der Waals surface area contributed by atoms with Crippen LogP contribution in [0.4, 0.5) is 4.79 Å². The van der Waals surface area contributed by atoms with E-state index < -0.39 is 18.4 Å². The van der Waals surface area contributed by atoms with Gasteiger partial charge in [-0.2, -0.15) is 0 Å². The summed E-state index contributed by atoms with van der Waals surface area (Å²) in [5, 5.41) is 49.4. The molecule has 0 rings (SSSR count). The predicted octanol–water partition coefficient (Wildman–Crippen LogP) is 10.2. The Morgan fingerprint density at radius 3 is 0.768 bits per heavy atom. The minimum absolute atomic E-state index is 0. The molecule has 0 aromatic carbocycles. The van der Waals surface area contributed by atoms with E-state index in [0.29, 0.717) is 12.8 Å². The normalized spacial score (nSPS) is 11.4. The predicted molar refractivity (Wildman–Crippen MR) is 234 cm³/mol. The Morgan fingerprint density at radius 2 is 0.589 bits per heavy atom. The molecular formula is C43H90Ca2O11. The van der Waals surface area contributed by atoms with E-state index in [0.717, 1.165) is 25.7 Å². The molecule has 11 nitrogen and oxygen atoms in total. The molecule has 6 N–H and O–H groups in total. The number of ether oxygens (including phenoxy) is 2. The second-order valence-electron chi connectivity index (χ2n) is 14.7. The van der Waals surface area contributed by atoms with Crippen LogP contribution in [-0.4, -0.2) is 163 Å². The van der Waals surface area contributed by atoms with Crippen molar-refractivity contribution in [3.8, 4) is 0 Å². The molecule has 0 heterocycles. The van der Waals surface area contributed by atoms with Gasteiger partial charge in [-0.05, 0) is 12.8 Å². The standard InChI is InChI=1S/2C21H42O4.CH2O3.2Ca.4H/c2*1-2-3-4-5-6-7-8-9-10-11-12-13-14-15-16-17-21(24)25-19-20(23)18-22;2-1(3)4;;;;;;/h2*20,22-23H,2-19H2,1H3;(H2,2,3,4);;;;;;/q;;;2*+2;4*-1. The van der Waals surface area contributed by atoms with E-state index in [2.05, 4.69) is 13.8 Å². The molecule has 0 radical (unpaired) electrons. The molecule has 0 aliphatic carbocycles. The molecule has 0 saturated carbocycles. The van der Waals surface area contributed by atoms with Crippen LogP contribution in [0.25, 0.3) is 0 Å². The van der Waals surface area contributed by atoms with Crippen molar-refractivity contribution in [2.24, 2.45) is 0 Å². The van der Waals surface area contributed by atoms with Crippen molar-refractivity contribution in [3.63, 3.8) is 0 Å². The zero-order valence-corrected chi connectivity index (χ0v) is 40.7. The van der Waals surface area contributed by atoms with Crippen LogP contribution in [0.3, 0.4) is 0 Å². The van der Waals surface area contributed by atoms with E-state index in [4.69, 9.17) is 44.9 Å². The molecule has 0 fully saturated rings. The van der Waals surface area contributed by atoms with Gasteiger partial charge in [0.15, 0.2) is 0 Å². The largest absolute Gasteiger partial charge is 2.00 e. The Hall–Kier alpha value is 0.569. The van der Waals surface area contributed by atoms with Crippen LogP contribution in [0.1, 0.15) is 225 Å². The van der Waals surface area contributed by atoms with Crippen molar-refractivity contribution in [2.75, 3.05) is 26.4 Å². The van der Waals surface area contributed by atoms with Crippen LogP contribution in [0.5, 0.6) is 0 Å². The first-order valence-electron chi connectivity index (χ1n) is 21.9. The van der Waals surface area contributed by atoms with E-state index in [9.17, 15) is 9.59 Å². The number of hydrogen-bond donors (Lipinski definition) is 6. The van der Waals surface area contributed by atoms with Crippen LogP contribution in [-0.2, 0) is 19.1 Å². The number of hydrogen-bond acceptors (Lipinski definition) is 9. The maximum atomic E-state index is 11.4. The van der Waals surface area contributed by atoms with Crippen LogP contribution in [0.15, 0.2) is 0 Å². The Morgan fingerprint density at radius 1 is 0.411 bits per heavy atom. The fourth-order valence-corrected chi connectivity index (χ4v) is 5.91. The van der Waals surface area contributed by atoms with Crippen LogP contribution >= 0.6 is 0 Å². The number of aliphatic hydroxyl groups excluding tert-OH is 4. The van der Waals surface area contributed by atoms with Gasteiger partial charge in [0.2, 0.25) is 0 Å². The summed E-state index contributed by atoms with van der Waals surface area (Å²) in [6.45, 7) is 3.59. The van der Waals surface area contributed by atoms with Gasteiger partial charge in [-0.15, -0.1) is 0 Å². The summed E-state index contributed by atoms with van der Waals surface area (Å²) < 4.78 is 9.73. The Kier molecular flexibility index (Phi) is 67.6. The third-order valence-corrected chi connectivity index (χ3v) is 9.26. The number of esters is 2. The first-order valence-corrected chi connectivity index (χ1v) is 21.9. The fraction of sp³-hybridized carbons (Fsp3) is 0.930. The fourth-order valence-electron chi connectivity index (χ4n) is 5.91. The summed E-state index contributed by atoms with van der Waals surface area (Å²) in [7, 11) is 0. The smallest absolute Gasteiger partial charge is 1.00 e. The maximum Gasteiger partial charge on any atom is 2.00 e. The summed E-state index contributed by atoms with van der Waals surface area (Å²) >= 11 is 0. The van der Waals surface area contributed by atoms with Gasteiger partial charge in [-0.25, -0.2) is 4.79 Å². The van der Waals surface area contributed by atoms with Gasteiger partial charge in [0.05, 0.1) is 13.2 Å². The SMILES string of the molecule is CCCCCCCCCCCCCCCCCC(=O)OCC(O)CO.CCCCCCCCCCCCCCCCCC(=O)OCC(O)CO.O=C(O)O.[Ca+2].[Ca+2].[H-].[H-].[H-].[H-]. The van der Waals surface area contributed by atoms with Crippen molar-refractivity contribution >= 4 is 93.6 Å². The van der Waals surface area contributed by atoms with Crippen molar-refractivity contribution in [1.29, 1.82) is 0 Å². The number of carbonyl (C=O) groups excluding carboxylic acids is 2. The zero-order chi connectivity index (χ0) is 40.8. The van der Waals surface area contributed by atoms with Gasteiger partial charge in [0.1, 0.15) is 25.4 Å². The molecule has 0 aliphatic rings.